The maximum Gasteiger partial charge on any atom is 0.0726 e. The number of nitrogens with zero attached hydrogens (tertiary/aromatic N) is 1. The number of hydrogen-bond acceptors (Lipinski definition) is 2. The molecule has 2 rings (SSSR count). The van der Waals surface area contributed by atoms with Crippen molar-refractivity contribution >= 4 is 5.69 Å². The quantitative estimate of drug-likeness (QED) is 0.795. The summed E-state index contributed by atoms with van der Waals surface area (Å²) in [5.41, 5.74) is 4.55. The van der Waals surface area contributed by atoms with E-state index in [1.165, 1.54) is 16.8 Å². The van der Waals surface area contributed by atoms with E-state index in [-0.39, 0.29) is 5.41 Å². The molecule has 22 heavy (non-hydrogen) atoms. The molecule has 2 heteroatoms. The minimum atomic E-state index is 0.203. The lowest BCUT2D eigenvalue weighted by Gasteiger charge is -2.37. The van der Waals surface area contributed by atoms with Gasteiger partial charge in [0.15, 0.2) is 0 Å². The summed E-state index contributed by atoms with van der Waals surface area (Å²) in [4.78, 5) is 2.48. The van der Waals surface area contributed by atoms with E-state index in [1.54, 1.807) is 0 Å². The van der Waals surface area contributed by atoms with Crippen LogP contribution in [0.5, 0.6) is 0 Å². The molecule has 2 atom stereocenters. The van der Waals surface area contributed by atoms with Crippen LogP contribution >= 0.6 is 0 Å². The first-order valence-corrected chi connectivity index (χ1v) is 8.70. The van der Waals surface area contributed by atoms with Gasteiger partial charge in [0.1, 0.15) is 0 Å². The second-order valence-corrected chi connectivity index (χ2v) is 8.35. The van der Waals surface area contributed by atoms with Crippen LogP contribution in [0.3, 0.4) is 0 Å². The molecule has 0 N–H and O–H groups in total. The first-order chi connectivity index (χ1) is 10.2. The Hall–Kier alpha value is -1.02. The van der Waals surface area contributed by atoms with Gasteiger partial charge in [0, 0.05) is 18.8 Å². The van der Waals surface area contributed by atoms with Gasteiger partial charge in [-0.1, -0.05) is 40.7 Å². The van der Waals surface area contributed by atoms with Crippen molar-refractivity contribution in [3.63, 3.8) is 0 Å². The monoisotopic (exact) mass is 303 g/mol. The van der Waals surface area contributed by atoms with Crippen LogP contribution in [-0.4, -0.2) is 25.3 Å². The molecule has 1 aliphatic heterocycles. The van der Waals surface area contributed by atoms with Gasteiger partial charge in [-0.2, -0.15) is 0 Å². The SMILES string of the molecule is CC(C)Cc1cc(N2C[C@@H](C)O[C@@H](C)C2)ccc1C(C)(C)C. The van der Waals surface area contributed by atoms with Crippen LogP contribution in [0.1, 0.15) is 59.6 Å². The van der Waals surface area contributed by atoms with Gasteiger partial charge < -0.3 is 9.64 Å². The van der Waals surface area contributed by atoms with Crippen LogP contribution in [0.25, 0.3) is 0 Å². The highest BCUT2D eigenvalue weighted by molar-refractivity contribution is 5.53. The van der Waals surface area contributed by atoms with Crippen LogP contribution in [0.4, 0.5) is 5.69 Å². The Balaban J connectivity index is 2.33. The maximum absolute atomic E-state index is 5.87. The average molecular weight is 303 g/mol. The highest BCUT2D eigenvalue weighted by Crippen LogP contribution is 2.31. The molecule has 1 heterocycles. The summed E-state index contributed by atoms with van der Waals surface area (Å²) < 4.78 is 5.87. The van der Waals surface area contributed by atoms with E-state index in [0.717, 1.165) is 19.5 Å². The zero-order chi connectivity index (χ0) is 16.5. The van der Waals surface area contributed by atoms with Crippen LogP contribution in [0.2, 0.25) is 0 Å². The van der Waals surface area contributed by atoms with E-state index in [4.69, 9.17) is 4.74 Å². The predicted octanol–water partition coefficient (Wildman–Crippen LogP) is 4.80. The molecule has 1 aliphatic rings. The van der Waals surface area contributed by atoms with Gasteiger partial charge in [-0.3, -0.25) is 0 Å². The molecule has 2 nitrogen and oxygen atoms in total. The average Bonchev–Trinajstić information content (AvgIpc) is 2.35. The van der Waals surface area contributed by atoms with Crippen molar-refractivity contribution in [2.75, 3.05) is 18.0 Å². The summed E-state index contributed by atoms with van der Waals surface area (Å²) in [7, 11) is 0. The minimum absolute atomic E-state index is 0.203. The Bertz CT molecular complexity index is 491. The number of anilines is 1. The van der Waals surface area contributed by atoms with Gasteiger partial charge in [0.05, 0.1) is 12.2 Å². The van der Waals surface area contributed by atoms with Gasteiger partial charge in [0.25, 0.3) is 0 Å². The van der Waals surface area contributed by atoms with E-state index >= 15 is 0 Å². The van der Waals surface area contributed by atoms with Crippen LogP contribution in [-0.2, 0) is 16.6 Å². The van der Waals surface area contributed by atoms with Crippen molar-refractivity contribution in [1.29, 1.82) is 0 Å². The van der Waals surface area contributed by atoms with E-state index in [0.29, 0.717) is 18.1 Å². The Kier molecular flexibility index (Phi) is 5.21. The Morgan fingerprint density at radius 2 is 1.73 bits per heavy atom. The zero-order valence-corrected chi connectivity index (χ0v) is 15.4. The highest BCUT2D eigenvalue weighted by Gasteiger charge is 2.24. The summed E-state index contributed by atoms with van der Waals surface area (Å²) in [6.45, 7) is 17.8. The molecular weight excluding hydrogens is 270 g/mol. The smallest absolute Gasteiger partial charge is 0.0726 e. The van der Waals surface area contributed by atoms with Gasteiger partial charge in [-0.15, -0.1) is 0 Å². The Labute approximate surface area is 136 Å². The number of benzene rings is 1. The topological polar surface area (TPSA) is 12.5 Å². The predicted molar refractivity (Wildman–Crippen MR) is 95.9 cm³/mol. The molecule has 0 spiro atoms. The number of ether oxygens (including phenoxy) is 1. The molecule has 0 bridgehead atoms. The second-order valence-electron chi connectivity index (χ2n) is 8.35. The Morgan fingerprint density at radius 3 is 2.23 bits per heavy atom. The van der Waals surface area contributed by atoms with Gasteiger partial charge in [0.2, 0.25) is 0 Å². The fraction of sp³-hybridized carbons (Fsp3) is 0.700. The molecule has 0 amide bonds. The molecule has 1 fully saturated rings. The molecular formula is C20H33NO. The highest BCUT2D eigenvalue weighted by atomic mass is 16.5. The van der Waals surface area contributed by atoms with Gasteiger partial charge in [-0.05, 0) is 54.9 Å². The van der Waals surface area contributed by atoms with E-state index in [2.05, 4.69) is 71.6 Å². The summed E-state index contributed by atoms with van der Waals surface area (Å²) >= 11 is 0. The lowest BCUT2D eigenvalue weighted by molar-refractivity contribution is -0.00522. The number of hydrogen-bond donors (Lipinski definition) is 0. The first kappa shape index (κ1) is 17.3. The fourth-order valence-corrected chi connectivity index (χ4v) is 3.51. The van der Waals surface area contributed by atoms with Crippen molar-refractivity contribution in [1.82, 2.24) is 0 Å². The van der Waals surface area contributed by atoms with Crippen molar-refractivity contribution in [3.05, 3.63) is 29.3 Å². The zero-order valence-electron chi connectivity index (χ0n) is 15.4. The molecule has 0 saturated carbocycles. The van der Waals surface area contributed by atoms with Crippen LogP contribution in [0.15, 0.2) is 18.2 Å². The van der Waals surface area contributed by atoms with Crippen molar-refractivity contribution in [2.45, 2.75) is 72.5 Å². The second kappa shape index (κ2) is 6.62. The summed E-state index contributed by atoms with van der Waals surface area (Å²) in [5.74, 6) is 0.680. The van der Waals surface area contributed by atoms with Crippen LogP contribution in [0, 0.1) is 5.92 Å². The van der Waals surface area contributed by atoms with E-state index in [9.17, 15) is 0 Å². The third kappa shape index (κ3) is 4.25. The summed E-state index contributed by atoms with van der Waals surface area (Å²) in [5, 5.41) is 0. The van der Waals surface area contributed by atoms with Crippen molar-refractivity contribution in [2.24, 2.45) is 5.92 Å². The summed E-state index contributed by atoms with van der Waals surface area (Å²) in [6.07, 6.45) is 1.76. The normalized spacial score (nSPS) is 23.2. The van der Waals surface area contributed by atoms with Gasteiger partial charge in [-0.25, -0.2) is 0 Å². The van der Waals surface area contributed by atoms with Crippen molar-refractivity contribution in [3.8, 4) is 0 Å². The number of rotatable bonds is 3. The first-order valence-electron chi connectivity index (χ1n) is 8.70. The fourth-order valence-electron chi connectivity index (χ4n) is 3.51. The van der Waals surface area contributed by atoms with E-state index < -0.39 is 0 Å². The maximum atomic E-state index is 5.87. The molecule has 0 unspecified atom stereocenters. The van der Waals surface area contributed by atoms with Crippen molar-refractivity contribution < 1.29 is 4.74 Å². The third-order valence-electron chi connectivity index (χ3n) is 4.31. The van der Waals surface area contributed by atoms with Gasteiger partial charge >= 0.3 is 0 Å². The summed E-state index contributed by atoms with van der Waals surface area (Å²) in [6, 6.07) is 7.07. The molecule has 124 valence electrons. The molecule has 0 radical (unpaired) electrons. The minimum Gasteiger partial charge on any atom is -0.372 e. The lowest BCUT2D eigenvalue weighted by Crippen LogP contribution is -2.45. The standard InChI is InChI=1S/C20H33NO/c1-14(2)10-17-11-18(8-9-19(17)20(5,6)7)21-12-15(3)22-16(4)13-21/h8-9,11,14-16H,10,12-13H2,1-7H3/t15-,16+. The Morgan fingerprint density at radius 1 is 1.14 bits per heavy atom. The number of morpholine rings is 1. The molecule has 0 aliphatic carbocycles. The molecule has 1 saturated heterocycles. The molecule has 1 aromatic rings. The van der Waals surface area contributed by atoms with Crippen LogP contribution < -0.4 is 4.90 Å². The largest absolute Gasteiger partial charge is 0.372 e. The molecule has 0 aromatic heterocycles. The lowest BCUT2D eigenvalue weighted by atomic mass is 9.81. The van der Waals surface area contributed by atoms with E-state index in [1.807, 2.05) is 0 Å². The third-order valence-corrected chi connectivity index (χ3v) is 4.31. The molecule has 1 aromatic carbocycles.